The minimum Gasteiger partial charge on any atom is -0.491 e. The van der Waals surface area contributed by atoms with Crippen molar-refractivity contribution in [3.63, 3.8) is 0 Å². The largest absolute Gasteiger partial charge is 0.491 e. The summed E-state index contributed by atoms with van der Waals surface area (Å²) in [5.74, 6) is -1.44. The van der Waals surface area contributed by atoms with Crippen LogP contribution < -0.4 is 30.2 Å². The van der Waals surface area contributed by atoms with Crippen molar-refractivity contribution in [2.24, 2.45) is 0 Å². The van der Waals surface area contributed by atoms with Crippen LogP contribution in [0.2, 0.25) is 5.02 Å². The van der Waals surface area contributed by atoms with Gasteiger partial charge in [0.25, 0.3) is 5.91 Å². The number of carbonyl (C=O) groups is 4. The van der Waals surface area contributed by atoms with E-state index in [0.29, 0.717) is 10.8 Å². The summed E-state index contributed by atoms with van der Waals surface area (Å²) in [4.78, 5) is 55.5. The first-order valence-electron chi connectivity index (χ1n) is 16.8. The number of para-hydroxylation sites is 1. The maximum absolute atomic E-state index is 14.1. The highest BCUT2D eigenvalue weighted by molar-refractivity contribution is 6.30. The van der Waals surface area contributed by atoms with E-state index in [1.54, 1.807) is 62.5 Å². The fourth-order valence-electron chi connectivity index (χ4n) is 5.48. The number of amides is 4. The average Bonchev–Trinajstić information content (AvgIpc) is 3.12. The number of nitrogens with one attached hydrogen (secondary N) is 3. The molecule has 13 heteroatoms. The van der Waals surface area contributed by atoms with Gasteiger partial charge in [-0.1, -0.05) is 60.1 Å². The first kappa shape index (κ1) is 37.6. The second kappa shape index (κ2) is 18.0. The lowest BCUT2D eigenvalue weighted by molar-refractivity contribution is -0.135. The highest BCUT2D eigenvalue weighted by Crippen LogP contribution is 2.33. The van der Waals surface area contributed by atoms with Gasteiger partial charge in [-0.3, -0.25) is 19.2 Å². The first-order chi connectivity index (χ1) is 25.0. The zero-order chi connectivity index (χ0) is 37.0. The van der Waals surface area contributed by atoms with Gasteiger partial charge >= 0.3 is 0 Å². The minimum absolute atomic E-state index is 0.0438. The number of carbonyl (C=O) groups excluding carboxylic acids is 4. The Hall–Kier alpha value is -5.62. The predicted octanol–water partition coefficient (Wildman–Crippen LogP) is 5.31. The number of hydrogen-bond acceptors (Lipinski definition) is 7. The van der Waals surface area contributed by atoms with Gasteiger partial charge in [-0.05, 0) is 61.4 Å². The van der Waals surface area contributed by atoms with Gasteiger partial charge in [0.15, 0.2) is 11.5 Å². The molecule has 4 aromatic carbocycles. The van der Waals surface area contributed by atoms with Gasteiger partial charge in [0.1, 0.15) is 42.6 Å². The van der Waals surface area contributed by atoms with Gasteiger partial charge < -0.3 is 35.1 Å². The van der Waals surface area contributed by atoms with Crippen LogP contribution in [-0.4, -0.2) is 73.5 Å². The number of nitrogens with zero attached hydrogens (tertiary/aromatic N) is 1. The molecule has 1 aliphatic heterocycles. The lowest BCUT2D eigenvalue weighted by Gasteiger charge is -2.25. The van der Waals surface area contributed by atoms with Crippen molar-refractivity contribution < 1.29 is 37.8 Å². The van der Waals surface area contributed by atoms with Crippen LogP contribution in [0, 0.1) is 5.82 Å². The van der Waals surface area contributed by atoms with E-state index in [9.17, 15) is 23.6 Å². The van der Waals surface area contributed by atoms with Crippen LogP contribution >= 0.6 is 11.6 Å². The van der Waals surface area contributed by atoms with Crippen LogP contribution in [0.1, 0.15) is 35.7 Å². The average molecular weight is 731 g/mol. The Kier molecular flexibility index (Phi) is 13.1. The van der Waals surface area contributed by atoms with E-state index in [1.807, 2.05) is 30.3 Å². The summed E-state index contributed by atoms with van der Waals surface area (Å²) in [6.07, 6.45) is 0.0264. The lowest BCUT2D eigenvalue weighted by Crippen LogP contribution is -2.51. The molecule has 0 saturated heterocycles. The molecule has 0 saturated carbocycles. The summed E-state index contributed by atoms with van der Waals surface area (Å²) in [6.45, 7) is 1.93. The van der Waals surface area contributed by atoms with Gasteiger partial charge in [0, 0.05) is 31.0 Å². The molecule has 52 heavy (non-hydrogen) atoms. The second-order valence-electron chi connectivity index (χ2n) is 12.4. The molecule has 4 amide bonds. The third-order valence-corrected chi connectivity index (χ3v) is 8.43. The van der Waals surface area contributed by atoms with E-state index in [4.69, 9.17) is 25.8 Å². The molecule has 0 aliphatic carbocycles. The van der Waals surface area contributed by atoms with Crippen molar-refractivity contribution in [1.82, 2.24) is 20.9 Å². The van der Waals surface area contributed by atoms with Crippen LogP contribution in [0.4, 0.5) is 4.39 Å². The number of benzene rings is 4. The molecule has 0 radical (unpaired) electrons. The van der Waals surface area contributed by atoms with E-state index in [1.165, 1.54) is 23.1 Å². The Balaban J connectivity index is 1.30. The fraction of sp³-hybridized carbons (Fsp3) is 0.282. The van der Waals surface area contributed by atoms with Crippen LogP contribution in [0.3, 0.4) is 0 Å². The molecule has 0 bridgehead atoms. The standard InChI is InChI=1S/C39H40ClFN4O7/c1-25(24-51-34-17-15-28(41)23-35(34)52-29-12-8-11-27(40)22-29)42-38(48)31-16-18-36(46)43-32(21-26-9-4-3-5-10-26)39(49)45(2)19-20-50-33-14-7-6-13-30(33)37(47)44-31/h3-15,17,22-23,25,31-32H,16,18-21,24H2,1-2H3,(H,42,48)(H,43,46)(H,44,47)/t25-,31+,32+/m1/s1. The van der Waals surface area contributed by atoms with E-state index in [-0.39, 0.29) is 67.7 Å². The van der Waals surface area contributed by atoms with Crippen molar-refractivity contribution in [2.75, 3.05) is 26.8 Å². The van der Waals surface area contributed by atoms with E-state index in [2.05, 4.69) is 16.0 Å². The number of ether oxygens (including phenoxy) is 3. The van der Waals surface area contributed by atoms with Crippen LogP contribution in [0.5, 0.6) is 23.0 Å². The molecule has 0 fully saturated rings. The van der Waals surface area contributed by atoms with Crippen molar-refractivity contribution in [1.29, 1.82) is 0 Å². The first-order valence-corrected chi connectivity index (χ1v) is 17.2. The van der Waals surface area contributed by atoms with E-state index >= 15 is 0 Å². The zero-order valence-electron chi connectivity index (χ0n) is 28.8. The molecule has 0 aromatic heterocycles. The van der Waals surface area contributed by atoms with Gasteiger partial charge in [-0.2, -0.15) is 0 Å². The van der Waals surface area contributed by atoms with Gasteiger partial charge in [0.05, 0.1) is 18.2 Å². The third-order valence-electron chi connectivity index (χ3n) is 8.20. The van der Waals surface area contributed by atoms with Gasteiger partial charge in [0.2, 0.25) is 17.7 Å². The van der Waals surface area contributed by atoms with Crippen molar-refractivity contribution in [3.8, 4) is 23.0 Å². The number of likely N-dealkylation sites (N-methyl/N-ethyl adjacent to an activating group) is 1. The summed E-state index contributed by atoms with van der Waals surface area (Å²) >= 11 is 6.06. The van der Waals surface area contributed by atoms with Gasteiger partial charge in [-0.15, -0.1) is 0 Å². The molecule has 0 spiro atoms. The number of fused-ring (bicyclic) bond motifs is 1. The topological polar surface area (TPSA) is 135 Å². The summed E-state index contributed by atoms with van der Waals surface area (Å²) in [5, 5.41) is 8.86. The molecule has 1 aliphatic rings. The molecular weight excluding hydrogens is 691 g/mol. The molecule has 11 nitrogen and oxygen atoms in total. The highest BCUT2D eigenvalue weighted by Gasteiger charge is 2.29. The number of halogens is 2. The predicted molar refractivity (Wildman–Crippen MR) is 193 cm³/mol. The molecule has 272 valence electrons. The number of rotatable bonds is 9. The molecule has 3 N–H and O–H groups in total. The van der Waals surface area contributed by atoms with Crippen molar-refractivity contribution >= 4 is 35.2 Å². The quantitative estimate of drug-likeness (QED) is 0.213. The Morgan fingerprint density at radius 2 is 1.75 bits per heavy atom. The van der Waals surface area contributed by atoms with Crippen molar-refractivity contribution in [2.45, 2.75) is 44.3 Å². The summed E-state index contributed by atoms with van der Waals surface area (Å²) in [5.41, 5.74) is 1.05. The smallest absolute Gasteiger partial charge is 0.255 e. The number of hydrogen-bond donors (Lipinski definition) is 3. The van der Waals surface area contributed by atoms with Gasteiger partial charge in [-0.25, -0.2) is 4.39 Å². The summed E-state index contributed by atoms with van der Waals surface area (Å²) < 4.78 is 31.8. The molecule has 1 heterocycles. The Morgan fingerprint density at radius 1 is 0.981 bits per heavy atom. The van der Waals surface area contributed by atoms with Crippen LogP contribution in [-0.2, 0) is 20.8 Å². The maximum Gasteiger partial charge on any atom is 0.255 e. The third kappa shape index (κ3) is 10.7. The second-order valence-corrected chi connectivity index (χ2v) is 12.8. The minimum atomic E-state index is -1.14. The van der Waals surface area contributed by atoms with E-state index in [0.717, 1.165) is 5.56 Å². The fourth-order valence-corrected chi connectivity index (χ4v) is 5.66. The molecular formula is C39H40ClFN4O7. The van der Waals surface area contributed by atoms with Crippen molar-refractivity contribution in [3.05, 3.63) is 119 Å². The van der Waals surface area contributed by atoms with E-state index < -0.39 is 41.7 Å². The summed E-state index contributed by atoms with van der Waals surface area (Å²) in [6, 6.07) is 23.7. The Morgan fingerprint density at radius 3 is 2.54 bits per heavy atom. The molecule has 4 aromatic rings. The zero-order valence-corrected chi connectivity index (χ0v) is 29.5. The normalized spacial score (nSPS) is 17.6. The maximum atomic E-state index is 14.1. The lowest BCUT2D eigenvalue weighted by atomic mass is 10.0. The Labute approximate surface area is 306 Å². The SMILES string of the molecule is C[C@H](COc1ccc(F)cc1Oc1cccc(Cl)c1)NC(=O)[C@@H]1CCC(=O)N[C@@H](Cc2ccccc2)C(=O)N(C)CCOc2ccccc2C(=O)N1. The monoisotopic (exact) mass is 730 g/mol. The highest BCUT2D eigenvalue weighted by atomic mass is 35.5. The molecule has 0 unspecified atom stereocenters. The summed E-state index contributed by atoms with van der Waals surface area (Å²) in [7, 11) is 1.63. The van der Waals surface area contributed by atoms with Crippen LogP contribution in [0.25, 0.3) is 0 Å². The molecule has 5 rings (SSSR count). The van der Waals surface area contributed by atoms with Crippen LogP contribution in [0.15, 0.2) is 97.1 Å². The Bertz CT molecular complexity index is 1880. The molecule has 3 atom stereocenters.